The summed E-state index contributed by atoms with van der Waals surface area (Å²) in [7, 11) is -3.59. The van der Waals surface area contributed by atoms with Crippen LogP contribution in [0, 0.1) is 6.92 Å². The number of phenolic OH excluding ortho intramolecular Hbond substituents is 1. The van der Waals surface area contributed by atoms with E-state index in [9.17, 15) is 13.5 Å². The van der Waals surface area contributed by atoms with Crippen molar-refractivity contribution in [1.82, 2.24) is 14.3 Å². The van der Waals surface area contributed by atoms with E-state index in [0.29, 0.717) is 46.1 Å². The van der Waals surface area contributed by atoms with Crippen molar-refractivity contribution >= 4 is 32.7 Å². The number of fused-ring (bicyclic) bond motifs is 1. The fourth-order valence-electron chi connectivity index (χ4n) is 3.57. The van der Waals surface area contributed by atoms with Crippen molar-refractivity contribution in [1.29, 1.82) is 0 Å². The Balaban J connectivity index is 2.20. The van der Waals surface area contributed by atoms with Gasteiger partial charge in [0.1, 0.15) is 11.6 Å². The van der Waals surface area contributed by atoms with Gasteiger partial charge in [-0.3, -0.25) is 0 Å². The van der Waals surface area contributed by atoms with E-state index < -0.39 is 10.0 Å². The van der Waals surface area contributed by atoms with Gasteiger partial charge in [-0.05, 0) is 42.2 Å². The molecular weight excluding hydrogens is 422 g/mol. The number of phenols is 1. The van der Waals surface area contributed by atoms with Crippen molar-refractivity contribution in [3.63, 3.8) is 0 Å². The number of aromatic hydroxyl groups is 1. The molecule has 0 atom stereocenters. The summed E-state index contributed by atoms with van der Waals surface area (Å²) in [5.74, 6) is 0.574. The van der Waals surface area contributed by atoms with Gasteiger partial charge in [0.05, 0.1) is 21.5 Å². The Morgan fingerprint density at radius 2 is 1.80 bits per heavy atom. The predicted molar refractivity (Wildman–Crippen MR) is 122 cm³/mol. The number of sulfonamides is 1. The largest absolute Gasteiger partial charge is 0.507 e. The summed E-state index contributed by atoms with van der Waals surface area (Å²) >= 11 is 6.46. The maximum Gasteiger partial charge on any atom is 0.243 e. The third-order valence-corrected chi connectivity index (χ3v) is 7.78. The van der Waals surface area contributed by atoms with Crippen LogP contribution in [0.25, 0.3) is 22.4 Å². The molecule has 8 heteroatoms. The summed E-state index contributed by atoms with van der Waals surface area (Å²) in [6.07, 6.45) is 0. The monoisotopic (exact) mass is 449 g/mol. The highest BCUT2D eigenvalue weighted by atomic mass is 35.5. The molecule has 0 unspecified atom stereocenters. The Kier molecular flexibility index (Phi) is 5.93. The zero-order chi connectivity index (χ0) is 22.4. The minimum atomic E-state index is -3.59. The Bertz CT molecular complexity index is 1210. The zero-order valence-corrected chi connectivity index (χ0v) is 19.7. The molecule has 3 rings (SSSR count). The molecule has 2 N–H and O–H groups in total. The number of nitrogens with one attached hydrogen (secondary N) is 1. The number of aromatic amines is 1. The van der Waals surface area contributed by atoms with Gasteiger partial charge in [0.15, 0.2) is 0 Å². The summed E-state index contributed by atoms with van der Waals surface area (Å²) < 4.78 is 27.1. The lowest BCUT2D eigenvalue weighted by atomic mass is 9.84. The lowest BCUT2D eigenvalue weighted by Gasteiger charge is -2.23. The van der Waals surface area contributed by atoms with Crippen LogP contribution in [0.5, 0.6) is 5.75 Å². The van der Waals surface area contributed by atoms with E-state index >= 15 is 0 Å². The fraction of sp³-hybridized carbons (Fsp3) is 0.409. The van der Waals surface area contributed by atoms with Crippen molar-refractivity contribution in [2.24, 2.45) is 0 Å². The first-order valence-corrected chi connectivity index (χ1v) is 11.8. The number of halogens is 1. The topological polar surface area (TPSA) is 86.3 Å². The molecule has 0 spiro atoms. The van der Waals surface area contributed by atoms with Gasteiger partial charge in [0, 0.05) is 23.7 Å². The van der Waals surface area contributed by atoms with Gasteiger partial charge in [0.2, 0.25) is 10.0 Å². The molecule has 0 radical (unpaired) electrons. The van der Waals surface area contributed by atoms with E-state index in [0.717, 1.165) is 5.56 Å². The fourth-order valence-corrected chi connectivity index (χ4v) is 5.26. The summed E-state index contributed by atoms with van der Waals surface area (Å²) in [6.45, 7) is 12.2. The first-order chi connectivity index (χ1) is 13.9. The molecule has 0 saturated carbocycles. The number of nitrogens with zero attached hydrogens (tertiary/aromatic N) is 2. The van der Waals surface area contributed by atoms with Gasteiger partial charge >= 0.3 is 0 Å². The highest BCUT2D eigenvalue weighted by Crippen LogP contribution is 2.43. The smallest absolute Gasteiger partial charge is 0.243 e. The average Bonchev–Trinajstić information content (AvgIpc) is 3.07. The molecule has 0 bridgehead atoms. The second kappa shape index (κ2) is 7.87. The SMILES string of the molecule is CCN(CC)S(=O)(=O)c1ccc2[nH]c(-c3c(C)c(Cl)cc(C(C)(C)C)c3O)nc2c1. The Hall–Kier alpha value is -2.09. The van der Waals surface area contributed by atoms with Gasteiger partial charge < -0.3 is 10.1 Å². The van der Waals surface area contributed by atoms with Gasteiger partial charge in [0.25, 0.3) is 0 Å². The van der Waals surface area contributed by atoms with Gasteiger partial charge in [-0.2, -0.15) is 4.31 Å². The van der Waals surface area contributed by atoms with Crippen LogP contribution in [0.2, 0.25) is 5.02 Å². The minimum absolute atomic E-state index is 0.124. The molecule has 0 fully saturated rings. The number of imidazole rings is 1. The number of aromatic nitrogens is 2. The molecule has 0 saturated heterocycles. The maximum atomic E-state index is 12.9. The Morgan fingerprint density at radius 3 is 2.37 bits per heavy atom. The van der Waals surface area contributed by atoms with Crippen molar-refractivity contribution in [3.05, 3.63) is 40.4 Å². The first-order valence-electron chi connectivity index (χ1n) is 9.94. The van der Waals surface area contributed by atoms with Crippen LogP contribution in [0.15, 0.2) is 29.2 Å². The second-order valence-corrected chi connectivity index (χ2v) is 10.7. The summed E-state index contributed by atoms with van der Waals surface area (Å²) in [5, 5.41) is 11.5. The van der Waals surface area contributed by atoms with Crippen LogP contribution in [-0.4, -0.2) is 40.9 Å². The van der Waals surface area contributed by atoms with Crippen LogP contribution in [0.4, 0.5) is 0 Å². The van der Waals surface area contributed by atoms with E-state index in [4.69, 9.17) is 11.6 Å². The normalized spacial score (nSPS) is 12.8. The third-order valence-electron chi connectivity index (χ3n) is 5.34. The summed E-state index contributed by atoms with van der Waals surface area (Å²) in [4.78, 5) is 7.99. The average molecular weight is 450 g/mol. The van der Waals surface area contributed by atoms with E-state index in [1.165, 1.54) is 4.31 Å². The number of rotatable bonds is 5. The van der Waals surface area contributed by atoms with Crippen molar-refractivity contribution in [2.45, 2.75) is 51.9 Å². The third kappa shape index (κ3) is 3.82. The highest BCUT2D eigenvalue weighted by Gasteiger charge is 2.26. The molecule has 1 heterocycles. The van der Waals surface area contributed by atoms with E-state index in [1.807, 2.05) is 41.5 Å². The molecule has 162 valence electrons. The molecule has 0 aliphatic carbocycles. The van der Waals surface area contributed by atoms with Crippen molar-refractivity contribution in [3.8, 4) is 17.1 Å². The van der Waals surface area contributed by atoms with Crippen LogP contribution in [0.3, 0.4) is 0 Å². The van der Waals surface area contributed by atoms with Crippen molar-refractivity contribution < 1.29 is 13.5 Å². The molecule has 0 amide bonds. The number of H-pyrrole nitrogens is 1. The van der Waals surface area contributed by atoms with Crippen LogP contribution < -0.4 is 0 Å². The van der Waals surface area contributed by atoms with Gasteiger partial charge in [-0.25, -0.2) is 13.4 Å². The van der Waals surface area contributed by atoms with Gasteiger partial charge in [-0.1, -0.05) is 46.2 Å². The van der Waals surface area contributed by atoms with E-state index in [1.54, 1.807) is 24.3 Å². The Morgan fingerprint density at radius 1 is 1.17 bits per heavy atom. The second-order valence-electron chi connectivity index (χ2n) is 8.36. The van der Waals surface area contributed by atoms with Crippen LogP contribution in [0.1, 0.15) is 45.7 Å². The predicted octanol–water partition coefficient (Wildman–Crippen LogP) is 5.23. The molecule has 3 aromatic rings. The molecule has 1 aromatic heterocycles. The van der Waals surface area contributed by atoms with Crippen molar-refractivity contribution in [2.75, 3.05) is 13.1 Å². The quantitative estimate of drug-likeness (QED) is 0.558. The molecule has 6 nitrogen and oxygen atoms in total. The number of hydrogen-bond donors (Lipinski definition) is 2. The number of benzene rings is 2. The minimum Gasteiger partial charge on any atom is -0.507 e. The standard InChI is InChI=1S/C22H28ClN3O3S/c1-7-26(8-2)30(28,29)14-9-10-17-18(11-14)25-21(24-17)19-13(3)16(23)12-15(20(19)27)22(4,5)6/h9-12,27H,7-8H2,1-6H3,(H,24,25). The maximum absolute atomic E-state index is 12.9. The number of hydrogen-bond acceptors (Lipinski definition) is 4. The van der Waals surface area contributed by atoms with E-state index in [-0.39, 0.29) is 16.1 Å². The summed E-state index contributed by atoms with van der Waals surface area (Å²) in [6, 6.07) is 6.62. The van der Waals surface area contributed by atoms with E-state index in [2.05, 4.69) is 9.97 Å². The zero-order valence-electron chi connectivity index (χ0n) is 18.2. The molecule has 2 aromatic carbocycles. The first kappa shape index (κ1) is 22.6. The molecule has 0 aliphatic rings. The summed E-state index contributed by atoms with van der Waals surface area (Å²) in [5.41, 5.74) is 2.83. The lowest BCUT2D eigenvalue weighted by Crippen LogP contribution is -2.30. The molecular formula is C22H28ClN3O3S. The highest BCUT2D eigenvalue weighted by molar-refractivity contribution is 7.89. The van der Waals surface area contributed by atoms with Gasteiger partial charge in [-0.15, -0.1) is 0 Å². The Labute approximate surface area is 183 Å². The lowest BCUT2D eigenvalue weighted by molar-refractivity contribution is 0.445. The van der Waals surface area contributed by atoms with Crippen LogP contribution >= 0.6 is 11.6 Å². The molecule has 30 heavy (non-hydrogen) atoms. The van der Waals surface area contributed by atoms with Crippen LogP contribution in [-0.2, 0) is 15.4 Å². The molecule has 0 aliphatic heterocycles.